The highest BCUT2D eigenvalue weighted by Crippen LogP contribution is 2.35. The Morgan fingerprint density at radius 2 is 2.00 bits per heavy atom. The van der Waals surface area contributed by atoms with Gasteiger partial charge >= 0.3 is 11.9 Å². The monoisotopic (exact) mass is 299 g/mol. The topological polar surface area (TPSA) is 64.6 Å². The molecule has 0 saturated heterocycles. The third kappa shape index (κ3) is 6.04. The van der Waals surface area contributed by atoms with Gasteiger partial charge in [0, 0.05) is 20.3 Å². The summed E-state index contributed by atoms with van der Waals surface area (Å²) in [6.45, 7) is 7.45. The summed E-state index contributed by atoms with van der Waals surface area (Å²) < 4.78 is 10.4. The number of hydrogen-bond donors (Lipinski definition) is 1. The van der Waals surface area contributed by atoms with Gasteiger partial charge in [0.05, 0.1) is 0 Å². The van der Waals surface area contributed by atoms with E-state index < -0.39 is 11.9 Å². The molecule has 3 unspecified atom stereocenters. The summed E-state index contributed by atoms with van der Waals surface area (Å²) >= 11 is 0. The first kappa shape index (κ1) is 18.0. The molecular weight excluding hydrogens is 270 g/mol. The fraction of sp³-hybridized carbons (Fsp3) is 0.875. The first-order chi connectivity index (χ1) is 9.95. The molecule has 0 radical (unpaired) electrons. The Balaban J connectivity index is 2.44. The van der Waals surface area contributed by atoms with Gasteiger partial charge in [-0.05, 0) is 37.0 Å². The maximum Gasteiger partial charge on any atom is 0.397 e. The predicted molar refractivity (Wildman–Crippen MR) is 80.7 cm³/mol. The molecule has 1 amide bonds. The maximum absolute atomic E-state index is 11.9. The lowest BCUT2D eigenvalue weighted by Gasteiger charge is -2.36. The van der Waals surface area contributed by atoms with Gasteiger partial charge in [0.2, 0.25) is 0 Å². The number of nitrogens with one attached hydrogen (secondary N) is 1. The zero-order valence-corrected chi connectivity index (χ0v) is 13.7. The number of carbonyl (C=O) groups excluding carboxylic acids is 2. The first-order valence-corrected chi connectivity index (χ1v) is 7.93. The van der Waals surface area contributed by atoms with E-state index in [4.69, 9.17) is 9.47 Å². The molecule has 1 rings (SSSR count). The van der Waals surface area contributed by atoms with Crippen molar-refractivity contribution < 1.29 is 19.1 Å². The normalized spacial score (nSPS) is 25.7. The van der Waals surface area contributed by atoms with Gasteiger partial charge in [-0.25, -0.2) is 4.79 Å². The minimum Gasteiger partial charge on any atom is -0.455 e. The molecule has 122 valence electrons. The lowest BCUT2D eigenvalue weighted by atomic mass is 9.75. The van der Waals surface area contributed by atoms with Crippen LogP contribution in [0.4, 0.5) is 0 Å². The fourth-order valence-electron chi connectivity index (χ4n) is 2.93. The highest BCUT2D eigenvalue weighted by molar-refractivity contribution is 6.32. The molecule has 3 atom stereocenters. The molecular formula is C16H29NO4. The predicted octanol–water partition coefficient (Wildman–Crippen LogP) is 2.14. The number of rotatable bonds is 6. The van der Waals surface area contributed by atoms with Crippen LogP contribution in [0.25, 0.3) is 0 Å². The van der Waals surface area contributed by atoms with Crippen LogP contribution in [-0.2, 0) is 19.1 Å². The average molecular weight is 299 g/mol. The third-order valence-corrected chi connectivity index (χ3v) is 4.22. The molecule has 0 aromatic carbocycles. The summed E-state index contributed by atoms with van der Waals surface area (Å²) in [6, 6.07) is 0. The van der Waals surface area contributed by atoms with E-state index in [1.807, 2.05) is 0 Å². The Kier molecular flexibility index (Phi) is 7.72. The van der Waals surface area contributed by atoms with Crippen LogP contribution in [0, 0.1) is 17.8 Å². The second kappa shape index (κ2) is 9.03. The quantitative estimate of drug-likeness (QED) is 0.464. The first-order valence-electron chi connectivity index (χ1n) is 7.93. The van der Waals surface area contributed by atoms with Crippen molar-refractivity contribution in [3.63, 3.8) is 0 Å². The zero-order chi connectivity index (χ0) is 15.8. The lowest BCUT2D eigenvalue weighted by Crippen LogP contribution is -2.41. The minimum absolute atomic E-state index is 0.133. The Hall–Kier alpha value is -1.10. The summed E-state index contributed by atoms with van der Waals surface area (Å²) in [7, 11) is 1.60. The van der Waals surface area contributed by atoms with Crippen LogP contribution in [0.2, 0.25) is 0 Å². The van der Waals surface area contributed by atoms with Gasteiger partial charge < -0.3 is 14.8 Å². The maximum atomic E-state index is 11.9. The summed E-state index contributed by atoms with van der Waals surface area (Å²) in [5.74, 6) is -0.0435. The largest absolute Gasteiger partial charge is 0.455 e. The van der Waals surface area contributed by atoms with Crippen LogP contribution in [0.5, 0.6) is 0 Å². The van der Waals surface area contributed by atoms with Gasteiger partial charge in [0.1, 0.15) is 6.10 Å². The molecule has 5 heteroatoms. The van der Waals surface area contributed by atoms with Gasteiger partial charge in [-0.15, -0.1) is 0 Å². The molecule has 0 bridgehead atoms. The molecule has 0 aliphatic heterocycles. The minimum atomic E-state index is -0.753. The summed E-state index contributed by atoms with van der Waals surface area (Å²) in [6.07, 6.45) is 3.63. The van der Waals surface area contributed by atoms with Crippen molar-refractivity contribution in [2.75, 3.05) is 20.3 Å². The van der Waals surface area contributed by atoms with Crippen LogP contribution in [0.3, 0.4) is 0 Å². The second-order valence-electron chi connectivity index (χ2n) is 6.37. The number of hydrogen-bond acceptors (Lipinski definition) is 4. The Morgan fingerprint density at radius 3 is 2.62 bits per heavy atom. The van der Waals surface area contributed by atoms with Crippen molar-refractivity contribution in [2.24, 2.45) is 17.8 Å². The molecule has 1 aliphatic carbocycles. The SMILES string of the molecule is COCCCNC(=O)C(=O)OC1CC(C)CCC1C(C)C. The molecule has 5 nitrogen and oxygen atoms in total. The Bertz CT molecular complexity index is 343. The van der Waals surface area contributed by atoms with Gasteiger partial charge in [-0.1, -0.05) is 27.2 Å². The van der Waals surface area contributed by atoms with Crippen molar-refractivity contribution in [3.8, 4) is 0 Å². The molecule has 1 aliphatic rings. The molecule has 1 saturated carbocycles. The van der Waals surface area contributed by atoms with E-state index in [2.05, 4.69) is 26.1 Å². The molecule has 0 aromatic rings. The van der Waals surface area contributed by atoms with E-state index in [-0.39, 0.29) is 6.10 Å². The number of amides is 1. The van der Waals surface area contributed by atoms with Crippen molar-refractivity contribution >= 4 is 11.9 Å². The zero-order valence-electron chi connectivity index (χ0n) is 13.7. The molecule has 21 heavy (non-hydrogen) atoms. The molecule has 1 fully saturated rings. The van der Waals surface area contributed by atoms with Gasteiger partial charge in [0.15, 0.2) is 0 Å². The van der Waals surface area contributed by atoms with Crippen molar-refractivity contribution in [1.82, 2.24) is 5.32 Å². The smallest absolute Gasteiger partial charge is 0.397 e. The van der Waals surface area contributed by atoms with E-state index in [1.165, 1.54) is 6.42 Å². The highest BCUT2D eigenvalue weighted by Gasteiger charge is 2.34. The van der Waals surface area contributed by atoms with E-state index in [0.717, 1.165) is 12.8 Å². The Labute approximate surface area is 127 Å². The lowest BCUT2D eigenvalue weighted by molar-refractivity contribution is -0.164. The summed E-state index contributed by atoms with van der Waals surface area (Å²) in [5.41, 5.74) is 0. The van der Waals surface area contributed by atoms with Gasteiger partial charge in [0.25, 0.3) is 0 Å². The van der Waals surface area contributed by atoms with E-state index in [9.17, 15) is 9.59 Å². The van der Waals surface area contributed by atoms with E-state index in [1.54, 1.807) is 7.11 Å². The number of ether oxygens (including phenoxy) is 2. The van der Waals surface area contributed by atoms with Gasteiger partial charge in [-0.3, -0.25) is 4.79 Å². The van der Waals surface area contributed by atoms with Crippen molar-refractivity contribution in [3.05, 3.63) is 0 Å². The molecule has 1 N–H and O–H groups in total. The molecule has 0 aromatic heterocycles. The van der Waals surface area contributed by atoms with Crippen LogP contribution >= 0.6 is 0 Å². The number of methoxy groups -OCH3 is 1. The van der Waals surface area contributed by atoms with Crippen LogP contribution in [-0.4, -0.2) is 38.2 Å². The highest BCUT2D eigenvalue weighted by atomic mass is 16.5. The van der Waals surface area contributed by atoms with Crippen LogP contribution in [0.15, 0.2) is 0 Å². The van der Waals surface area contributed by atoms with E-state index >= 15 is 0 Å². The van der Waals surface area contributed by atoms with Gasteiger partial charge in [-0.2, -0.15) is 0 Å². The fourth-order valence-corrected chi connectivity index (χ4v) is 2.93. The standard InChI is InChI=1S/C16H29NO4/c1-11(2)13-7-6-12(3)10-14(13)21-16(19)15(18)17-8-5-9-20-4/h11-14H,5-10H2,1-4H3,(H,17,18). The number of esters is 1. The summed E-state index contributed by atoms with van der Waals surface area (Å²) in [5, 5.41) is 2.57. The molecule has 0 spiro atoms. The van der Waals surface area contributed by atoms with Crippen molar-refractivity contribution in [1.29, 1.82) is 0 Å². The molecule has 0 heterocycles. The Morgan fingerprint density at radius 1 is 1.29 bits per heavy atom. The van der Waals surface area contributed by atoms with Crippen LogP contribution in [0.1, 0.15) is 46.5 Å². The average Bonchev–Trinajstić information content (AvgIpc) is 2.43. The second-order valence-corrected chi connectivity index (χ2v) is 6.37. The third-order valence-electron chi connectivity index (χ3n) is 4.22. The van der Waals surface area contributed by atoms with Crippen LogP contribution < -0.4 is 5.32 Å². The van der Waals surface area contributed by atoms with E-state index in [0.29, 0.717) is 37.3 Å². The van der Waals surface area contributed by atoms with Crippen molar-refractivity contribution in [2.45, 2.75) is 52.6 Å². The summed E-state index contributed by atoms with van der Waals surface area (Å²) in [4.78, 5) is 23.6. The number of carbonyl (C=O) groups is 2.